The van der Waals surface area contributed by atoms with E-state index in [1.807, 2.05) is 49.4 Å². The van der Waals surface area contributed by atoms with Crippen molar-refractivity contribution in [2.75, 3.05) is 12.4 Å². The number of hydrogen-bond acceptors (Lipinski definition) is 4. The second kappa shape index (κ2) is 7.16. The van der Waals surface area contributed by atoms with E-state index in [4.69, 9.17) is 4.74 Å². The number of para-hydroxylation sites is 1. The minimum Gasteiger partial charge on any atom is -0.491 e. The van der Waals surface area contributed by atoms with E-state index in [1.165, 1.54) is 11.8 Å². The zero-order valence-corrected chi connectivity index (χ0v) is 11.6. The quantitative estimate of drug-likeness (QED) is 0.823. The van der Waals surface area contributed by atoms with Gasteiger partial charge in [0.15, 0.2) is 0 Å². The lowest BCUT2D eigenvalue weighted by molar-refractivity contribution is 0.126. The highest BCUT2D eigenvalue weighted by Gasteiger charge is 2.07. The molecule has 0 aliphatic heterocycles. The molecule has 0 bridgehead atoms. The number of ether oxygens (including phenoxy) is 1. The van der Waals surface area contributed by atoms with Crippen LogP contribution in [0.15, 0.2) is 53.7 Å². The number of aromatic nitrogens is 1. The molecule has 1 heterocycles. The summed E-state index contributed by atoms with van der Waals surface area (Å²) in [5.74, 6) is 1.40. The van der Waals surface area contributed by atoms with E-state index < -0.39 is 6.10 Å². The van der Waals surface area contributed by atoms with Gasteiger partial charge in [-0.05, 0) is 30.7 Å². The Balaban J connectivity index is 1.76. The van der Waals surface area contributed by atoms with E-state index in [2.05, 4.69) is 4.98 Å². The van der Waals surface area contributed by atoms with Crippen molar-refractivity contribution in [2.45, 2.75) is 18.1 Å². The van der Waals surface area contributed by atoms with Gasteiger partial charge in [-0.2, -0.15) is 0 Å². The van der Waals surface area contributed by atoms with Gasteiger partial charge in [0.1, 0.15) is 12.4 Å². The molecular formula is C15H17NO2S. The third kappa shape index (κ3) is 4.58. The highest BCUT2D eigenvalue weighted by molar-refractivity contribution is 7.99. The zero-order chi connectivity index (χ0) is 13.5. The highest BCUT2D eigenvalue weighted by Crippen LogP contribution is 2.18. The second-order valence-corrected chi connectivity index (χ2v) is 5.25. The van der Waals surface area contributed by atoms with Crippen LogP contribution in [0.3, 0.4) is 0 Å². The van der Waals surface area contributed by atoms with Crippen LogP contribution in [0.2, 0.25) is 0 Å². The summed E-state index contributed by atoms with van der Waals surface area (Å²) in [5.41, 5.74) is 1.08. The molecular weight excluding hydrogens is 258 g/mol. The first-order valence-electron chi connectivity index (χ1n) is 6.16. The molecule has 0 saturated heterocycles. The lowest BCUT2D eigenvalue weighted by Crippen LogP contribution is -2.20. The number of aliphatic hydroxyl groups excluding tert-OH is 1. The predicted molar refractivity (Wildman–Crippen MR) is 77.6 cm³/mol. The van der Waals surface area contributed by atoms with E-state index in [1.54, 1.807) is 6.20 Å². The molecule has 0 aliphatic rings. The third-order valence-electron chi connectivity index (χ3n) is 2.59. The zero-order valence-electron chi connectivity index (χ0n) is 10.8. The first-order valence-corrected chi connectivity index (χ1v) is 7.14. The summed E-state index contributed by atoms with van der Waals surface area (Å²) in [7, 11) is 0. The highest BCUT2D eigenvalue weighted by atomic mass is 32.2. The largest absolute Gasteiger partial charge is 0.491 e. The van der Waals surface area contributed by atoms with Crippen molar-refractivity contribution in [2.24, 2.45) is 0 Å². The number of pyridine rings is 1. The normalized spacial score (nSPS) is 12.1. The Morgan fingerprint density at radius 1 is 1.21 bits per heavy atom. The molecule has 1 aromatic heterocycles. The topological polar surface area (TPSA) is 42.4 Å². The molecule has 2 aromatic rings. The number of thioether (sulfide) groups is 1. The molecule has 0 saturated carbocycles. The van der Waals surface area contributed by atoms with Gasteiger partial charge in [0.25, 0.3) is 0 Å². The van der Waals surface area contributed by atoms with Crippen LogP contribution in [0.4, 0.5) is 0 Å². The van der Waals surface area contributed by atoms with Gasteiger partial charge in [-0.1, -0.05) is 24.3 Å². The Bertz CT molecular complexity index is 505. The number of hydrogen-bond donors (Lipinski definition) is 1. The number of aryl methyl sites for hydroxylation is 1. The Kier molecular flexibility index (Phi) is 5.24. The molecule has 2 rings (SSSR count). The van der Waals surface area contributed by atoms with Crippen LogP contribution in [0.1, 0.15) is 5.56 Å². The van der Waals surface area contributed by atoms with Crippen molar-refractivity contribution in [3.63, 3.8) is 0 Å². The molecule has 4 heteroatoms. The van der Waals surface area contributed by atoms with Crippen LogP contribution in [-0.2, 0) is 0 Å². The standard InChI is InChI=1S/C15H17NO2S/c1-12-6-2-3-7-14(12)18-10-13(17)11-19-15-8-4-5-9-16-15/h2-9,13,17H,10-11H2,1H3/t13-/m1/s1. The maximum atomic E-state index is 9.89. The molecule has 0 unspecified atom stereocenters. The smallest absolute Gasteiger partial charge is 0.122 e. The number of nitrogens with zero attached hydrogens (tertiary/aromatic N) is 1. The van der Waals surface area contributed by atoms with Crippen molar-refractivity contribution in [1.29, 1.82) is 0 Å². The van der Waals surface area contributed by atoms with E-state index in [0.717, 1.165) is 16.3 Å². The van der Waals surface area contributed by atoms with Gasteiger partial charge in [-0.3, -0.25) is 0 Å². The Labute approximate surface area is 117 Å². The molecule has 0 spiro atoms. The van der Waals surface area contributed by atoms with Gasteiger partial charge < -0.3 is 9.84 Å². The van der Waals surface area contributed by atoms with Gasteiger partial charge >= 0.3 is 0 Å². The summed E-state index contributed by atoms with van der Waals surface area (Å²) in [5, 5.41) is 10.8. The van der Waals surface area contributed by atoms with Crippen LogP contribution in [0.25, 0.3) is 0 Å². The maximum Gasteiger partial charge on any atom is 0.122 e. The second-order valence-electron chi connectivity index (χ2n) is 4.21. The summed E-state index contributed by atoms with van der Waals surface area (Å²) >= 11 is 1.53. The van der Waals surface area contributed by atoms with E-state index >= 15 is 0 Å². The molecule has 0 radical (unpaired) electrons. The summed E-state index contributed by atoms with van der Waals surface area (Å²) in [4.78, 5) is 4.19. The number of aliphatic hydroxyl groups is 1. The van der Waals surface area contributed by atoms with Gasteiger partial charge in [-0.15, -0.1) is 11.8 Å². The average molecular weight is 275 g/mol. The summed E-state index contributed by atoms with van der Waals surface area (Å²) in [6, 6.07) is 13.5. The van der Waals surface area contributed by atoms with Crippen molar-refractivity contribution >= 4 is 11.8 Å². The van der Waals surface area contributed by atoms with Crippen molar-refractivity contribution < 1.29 is 9.84 Å². The van der Waals surface area contributed by atoms with E-state index in [-0.39, 0.29) is 0 Å². The van der Waals surface area contributed by atoms with Gasteiger partial charge in [0.2, 0.25) is 0 Å². The summed E-state index contributed by atoms with van der Waals surface area (Å²) in [6.45, 7) is 2.29. The predicted octanol–water partition coefficient (Wildman–Crippen LogP) is 2.92. The molecule has 3 nitrogen and oxygen atoms in total. The fourth-order valence-corrected chi connectivity index (χ4v) is 2.34. The van der Waals surface area contributed by atoms with E-state index in [9.17, 15) is 5.11 Å². The number of rotatable bonds is 6. The molecule has 0 amide bonds. The third-order valence-corrected chi connectivity index (χ3v) is 3.67. The fourth-order valence-electron chi connectivity index (χ4n) is 1.57. The molecule has 0 fully saturated rings. The minimum absolute atomic E-state index is 0.296. The summed E-state index contributed by atoms with van der Waals surface area (Å²) < 4.78 is 5.60. The van der Waals surface area contributed by atoms with Crippen LogP contribution in [0.5, 0.6) is 5.75 Å². The Morgan fingerprint density at radius 3 is 2.74 bits per heavy atom. The monoisotopic (exact) mass is 275 g/mol. The van der Waals surface area contributed by atoms with Crippen LogP contribution >= 0.6 is 11.8 Å². The Hall–Kier alpha value is -1.52. The van der Waals surface area contributed by atoms with Gasteiger partial charge in [0, 0.05) is 11.9 Å². The van der Waals surface area contributed by atoms with Crippen LogP contribution < -0.4 is 4.74 Å². The first kappa shape index (κ1) is 13.9. The molecule has 19 heavy (non-hydrogen) atoms. The van der Waals surface area contributed by atoms with Crippen LogP contribution in [0, 0.1) is 6.92 Å². The average Bonchev–Trinajstić information content (AvgIpc) is 2.45. The lowest BCUT2D eigenvalue weighted by Gasteiger charge is -2.13. The molecule has 1 N–H and O–H groups in total. The van der Waals surface area contributed by atoms with Crippen molar-refractivity contribution in [1.82, 2.24) is 4.98 Å². The van der Waals surface area contributed by atoms with E-state index in [0.29, 0.717) is 12.4 Å². The maximum absolute atomic E-state index is 9.89. The molecule has 1 atom stereocenters. The lowest BCUT2D eigenvalue weighted by atomic mass is 10.2. The molecule has 1 aromatic carbocycles. The van der Waals surface area contributed by atoms with Gasteiger partial charge in [0.05, 0.1) is 11.1 Å². The fraction of sp³-hybridized carbons (Fsp3) is 0.267. The minimum atomic E-state index is -0.508. The molecule has 0 aliphatic carbocycles. The SMILES string of the molecule is Cc1ccccc1OC[C@@H](O)CSc1ccccn1. The molecule has 100 valence electrons. The van der Waals surface area contributed by atoms with Gasteiger partial charge in [-0.25, -0.2) is 4.98 Å². The Morgan fingerprint density at radius 2 is 2.00 bits per heavy atom. The van der Waals surface area contributed by atoms with Crippen molar-refractivity contribution in [3.05, 3.63) is 54.2 Å². The number of benzene rings is 1. The summed E-state index contributed by atoms with van der Waals surface area (Å²) in [6.07, 6.45) is 1.24. The van der Waals surface area contributed by atoms with Crippen molar-refractivity contribution in [3.8, 4) is 5.75 Å². The first-order chi connectivity index (χ1) is 9.25. The van der Waals surface area contributed by atoms with Crippen LogP contribution in [-0.4, -0.2) is 28.6 Å².